The Morgan fingerprint density at radius 3 is 2.29 bits per heavy atom. The first kappa shape index (κ1) is 25.3. The predicted molar refractivity (Wildman–Crippen MR) is 131 cm³/mol. The van der Waals surface area contributed by atoms with Gasteiger partial charge in [-0.25, -0.2) is 13.4 Å². The van der Waals surface area contributed by atoms with E-state index in [-0.39, 0.29) is 29.9 Å². The summed E-state index contributed by atoms with van der Waals surface area (Å²) in [6.45, 7) is 6.34. The van der Waals surface area contributed by atoms with Gasteiger partial charge in [-0.15, -0.1) is 0 Å². The number of sulfonamides is 1. The Kier molecular flexibility index (Phi) is 7.68. The normalized spacial score (nSPS) is 12.0. The van der Waals surface area contributed by atoms with Gasteiger partial charge in [0.05, 0.1) is 12.2 Å². The minimum absolute atomic E-state index is 0.00760. The zero-order chi connectivity index (χ0) is 24.9. The quantitative estimate of drug-likeness (QED) is 0.496. The molecular weight excluding hydrogens is 452 g/mol. The van der Waals surface area contributed by atoms with Gasteiger partial charge in [0.25, 0.3) is 0 Å². The number of carboxylic acid groups (broad SMARTS) is 1. The lowest BCUT2D eigenvalue weighted by atomic mass is 9.87. The lowest BCUT2D eigenvalue weighted by Crippen LogP contribution is -2.31. The molecule has 0 radical (unpaired) electrons. The molecule has 180 valence electrons. The van der Waals surface area contributed by atoms with Gasteiger partial charge in [-0.05, 0) is 40.8 Å². The van der Waals surface area contributed by atoms with Crippen LogP contribution in [0.4, 0.5) is 5.82 Å². The average molecular weight is 483 g/mol. The topological polar surface area (TPSA) is 104 Å². The summed E-state index contributed by atoms with van der Waals surface area (Å²) in [7, 11) is -2.24. The molecule has 2 aromatic heterocycles. The molecule has 0 unspecified atom stereocenters. The molecule has 0 fully saturated rings. The first-order valence-corrected chi connectivity index (χ1v) is 12.3. The highest BCUT2D eigenvalue weighted by Gasteiger charge is 2.26. The first-order chi connectivity index (χ1) is 16.0. The molecule has 3 aromatic rings. The third kappa shape index (κ3) is 6.39. The maximum atomic E-state index is 13.5. The van der Waals surface area contributed by atoms with Crippen molar-refractivity contribution in [1.29, 1.82) is 0 Å². The smallest absolute Gasteiger partial charge is 0.323 e. The Morgan fingerprint density at radius 2 is 1.71 bits per heavy atom. The molecule has 0 aliphatic rings. The molecule has 34 heavy (non-hydrogen) atoms. The van der Waals surface area contributed by atoms with E-state index < -0.39 is 16.0 Å². The van der Waals surface area contributed by atoms with Crippen LogP contribution in [0.15, 0.2) is 71.9 Å². The van der Waals surface area contributed by atoms with Gasteiger partial charge in [-0.3, -0.25) is 9.78 Å². The molecule has 0 bridgehead atoms. The SMILES string of the molecule is CN(CC(=O)O)c1cccc(CN(Cc2ccc(C(C)(C)C)cc2)S(=O)(=O)c2cccnc2)n1. The number of aliphatic carboxylic acids is 1. The number of hydrogen-bond acceptors (Lipinski definition) is 6. The van der Waals surface area contributed by atoms with Crippen LogP contribution in [-0.4, -0.2) is 47.4 Å². The Balaban J connectivity index is 1.94. The van der Waals surface area contributed by atoms with Crippen molar-refractivity contribution in [3.63, 3.8) is 0 Å². The second kappa shape index (κ2) is 10.3. The monoisotopic (exact) mass is 482 g/mol. The van der Waals surface area contributed by atoms with Crippen LogP contribution in [0.5, 0.6) is 0 Å². The molecule has 1 N–H and O–H groups in total. The lowest BCUT2D eigenvalue weighted by Gasteiger charge is -2.24. The summed E-state index contributed by atoms with van der Waals surface area (Å²) < 4.78 is 28.4. The van der Waals surface area contributed by atoms with Gasteiger partial charge in [-0.2, -0.15) is 4.31 Å². The molecule has 0 spiro atoms. The molecule has 0 aliphatic heterocycles. The second-order valence-electron chi connectivity index (χ2n) is 9.15. The van der Waals surface area contributed by atoms with Crippen molar-refractivity contribution < 1.29 is 18.3 Å². The van der Waals surface area contributed by atoms with E-state index in [9.17, 15) is 13.2 Å². The van der Waals surface area contributed by atoms with E-state index in [1.54, 1.807) is 31.3 Å². The molecule has 3 rings (SSSR count). The zero-order valence-electron chi connectivity index (χ0n) is 19.8. The molecule has 0 amide bonds. The summed E-state index contributed by atoms with van der Waals surface area (Å²) in [5.41, 5.74) is 2.51. The number of carboxylic acids is 1. The summed E-state index contributed by atoms with van der Waals surface area (Å²) in [5, 5.41) is 9.06. The first-order valence-electron chi connectivity index (χ1n) is 10.9. The number of carbonyl (C=O) groups is 1. The number of benzene rings is 1. The van der Waals surface area contributed by atoms with Gasteiger partial charge in [0.15, 0.2) is 0 Å². The van der Waals surface area contributed by atoms with Crippen LogP contribution in [0.2, 0.25) is 0 Å². The van der Waals surface area contributed by atoms with Crippen LogP contribution in [0.1, 0.15) is 37.6 Å². The Bertz CT molecular complexity index is 1220. The fourth-order valence-corrected chi connectivity index (χ4v) is 4.78. The van der Waals surface area contributed by atoms with Crippen molar-refractivity contribution in [2.75, 3.05) is 18.5 Å². The number of hydrogen-bond donors (Lipinski definition) is 1. The maximum Gasteiger partial charge on any atom is 0.323 e. The van der Waals surface area contributed by atoms with Crippen molar-refractivity contribution in [1.82, 2.24) is 14.3 Å². The second-order valence-corrected chi connectivity index (χ2v) is 11.1. The minimum atomic E-state index is -3.86. The van der Waals surface area contributed by atoms with E-state index in [1.165, 1.54) is 27.7 Å². The zero-order valence-corrected chi connectivity index (χ0v) is 20.7. The van der Waals surface area contributed by atoms with Crippen LogP contribution in [0.25, 0.3) is 0 Å². The van der Waals surface area contributed by atoms with Crippen molar-refractivity contribution >= 4 is 21.8 Å². The van der Waals surface area contributed by atoms with Gasteiger partial charge >= 0.3 is 5.97 Å². The number of pyridine rings is 2. The van der Waals surface area contributed by atoms with Crippen molar-refractivity contribution in [2.24, 2.45) is 0 Å². The molecule has 0 atom stereocenters. The standard InChI is InChI=1S/C25H30N4O4S/c1-25(2,3)20-12-10-19(11-13-20)16-29(34(32,33)22-8-6-14-26-15-22)17-21-7-5-9-23(27-21)28(4)18-24(30)31/h5-15H,16-18H2,1-4H3,(H,30,31). The number of nitrogens with zero attached hydrogens (tertiary/aromatic N) is 4. The van der Waals surface area contributed by atoms with Gasteiger partial charge in [0, 0.05) is 26.0 Å². The highest BCUT2D eigenvalue weighted by atomic mass is 32.2. The molecule has 0 aliphatic carbocycles. The Morgan fingerprint density at radius 1 is 1.00 bits per heavy atom. The molecule has 9 heteroatoms. The van der Waals surface area contributed by atoms with Crippen molar-refractivity contribution in [3.05, 3.63) is 83.8 Å². The van der Waals surface area contributed by atoms with Gasteiger partial charge in [0.2, 0.25) is 10.0 Å². The van der Waals surface area contributed by atoms with Gasteiger partial charge in [0.1, 0.15) is 17.3 Å². The molecule has 0 saturated carbocycles. The van der Waals surface area contributed by atoms with E-state index >= 15 is 0 Å². The number of rotatable bonds is 9. The van der Waals surface area contributed by atoms with Crippen LogP contribution < -0.4 is 4.90 Å². The van der Waals surface area contributed by atoms with Crippen molar-refractivity contribution in [2.45, 2.75) is 44.2 Å². The number of likely N-dealkylation sites (N-methyl/N-ethyl adjacent to an activating group) is 1. The Hall–Kier alpha value is -3.30. The van der Waals surface area contributed by atoms with Crippen LogP contribution in [0.3, 0.4) is 0 Å². The van der Waals surface area contributed by atoms with E-state index in [1.807, 2.05) is 24.3 Å². The van der Waals surface area contributed by atoms with Gasteiger partial charge < -0.3 is 10.0 Å². The summed E-state index contributed by atoms with van der Waals surface area (Å²) in [5.74, 6) is -0.526. The number of aromatic nitrogens is 2. The van der Waals surface area contributed by atoms with E-state index in [4.69, 9.17) is 5.11 Å². The Labute approximate surface area is 201 Å². The lowest BCUT2D eigenvalue weighted by molar-refractivity contribution is -0.135. The van der Waals surface area contributed by atoms with Gasteiger partial charge in [-0.1, -0.05) is 51.1 Å². The van der Waals surface area contributed by atoms with Crippen molar-refractivity contribution in [3.8, 4) is 0 Å². The largest absolute Gasteiger partial charge is 0.480 e. The van der Waals surface area contributed by atoms with E-state index in [0.717, 1.165) is 11.1 Å². The van der Waals surface area contributed by atoms with E-state index in [2.05, 4.69) is 30.7 Å². The highest BCUT2D eigenvalue weighted by Crippen LogP contribution is 2.25. The number of anilines is 1. The summed E-state index contributed by atoms with van der Waals surface area (Å²) in [6.07, 6.45) is 2.85. The maximum absolute atomic E-state index is 13.5. The van der Waals surface area contributed by atoms with Crippen LogP contribution in [-0.2, 0) is 33.3 Å². The third-order valence-electron chi connectivity index (χ3n) is 5.35. The average Bonchev–Trinajstić information content (AvgIpc) is 2.79. The summed E-state index contributed by atoms with van der Waals surface area (Å²) in [4.78, 5) is 21.1. The fourth-order valence-electron chi connectivity index (χ4n) is 3.42. The summed E-state index contributed by atoms with van der Waals surface area (Å²) in [6, 6.07) is 16.2. The predicted octanol–water partition coefficient (Wildman–Crippen LogP) is 3.69. The molecule has 0 saturated heterocycles. The minimum Gasteiger partial charge on any atom is -0.480 e. The third-order valence-corrected chi connectivity index (χ3v) is 7.12. The van der Waals surface area contributed by atoms with Crippen LogP contribution >= 0.6 is 0 Å². The molecule has 8 nitrogen and oxygen atoms in total. The molecule has 1 aromatic carbocycles. The van der Waals surface area contributed by atoms with E-state index in [0.29, 0.717) is 11.5 Å². The summed E-state index contributed by atoms with van der Waals surface area (Å²) >= 11 is 0. The highest BCUT2D eigenvalue weighted by molar-refractivity contribution is 7.89. The molecule has 2 heterocycles. The fraction of sp³-hybridized carbons (Fsp3) is 0.320. The molecular formula is C25H30N4O4S. The van der Waals surface area contributed by atoms with Crippen LogP contribution in [0, 0.1) is 0 Å².